The summed E-state index contributed by atoms with van der Waals surface area (Å²) in [5, 5.41) is 3.83. The van der Waals surface area contributed by atoms with Crippen molar-refractivity contribution in [2.75, 3.05) is 18.0 Å². The van der Waals surface area contributed by atoms with Gasteiger partial charge in [-0.05, 0) is 52.9 Å². The molecule has 1 aliphatic rings. The molecule has 0 radical (unpaired) electrons. The average Bonchev–Trinajstić information content (AvgIpc) is 2.46. The van der Waals surface area contributed by atoms with Gasteiger partial charge in [0, 0.05) is 33.6 Å². The minimum atomic E-state index is 0.234. The number of halogens is 2. The molecule has 21 heavy (non-hydrogen) atoms. The molecule has 0 bridgehead atoms. The van der Waals surface area contributed by atoms with Crippen LogP contribution in [0, 0.1) is 5.92 Å². The highest BCUT2D eigenvalue weighted by molar-refractivity contribution is 9.11. The van der Waals surface area contributed by atoms with Crippen molar-refractivity contribution in [1.82, 2.24) is 5.32 Å². The number of rotatable bonds is 4. The molecule has 1 saturated heterocycles. The van der Waals surface area contributed by atoms with Crippen LogP contribution in [0.5, 0.6) is 0 Å². The van der Waals surface area contributed by atoms with Crippen molar-refractivity contribution in [2.45, 2.75) is 52.1 Å². The fraction of sp³-hybridized carbons (Fsp3) is 0.647. The Bertz CT molecular complexity index is 484. The summed E-state index contributed by atoms with van der Waals surface area (Å²) in [6, 6.07) is 7.05. The highest BCUT2D eigenvalue weighted by atomic mass is 79.9. The van der Waals surface area contributed by atoms with E-state index in [-0.39, 0.29) is 5.54 Å². The summed E-state index contributed by atoms with van der Waals surface area (Å²) in [6.45, 7) is 11.3. The minimum absolute atomic E-state index is 0.234. The van der Waals surface area contributed by atoms with Gasteiger partial charge in [0.15, 0.2) is 0 Å². The van der Waals surface area contributed by atoms with Gasteiger partial charge in [-0.1, -0.05) is 43.6 Å². The van der Waals surface area contributed by atoms with Crippen LogP contribution in [0.4, 0.5) is 5.69 Å². The van der Waals surface area contributed by atoms with Gasteiger partial charge >= 0.3 is 0 Å². The number of nitrogens with one attached hydrogen (secondary N) is 1. The van der Waals surface area contributed by atoms with Crippen LogP contribution in [0.1, 0.15) is 40.5 Å². The highest BCUT2D eigenvalue weighted by Crippen LogP contribution is 2.35. The number of nitrogens with zero attached hydrogens (tertiary/aromatic N) is 1. The largest absolute Gasteiger partial charge is 0.364 e. The number of piperazine rings is 1. The first-order chi connectivity index (χ1) is 9.92. The van der Waals surface area contributed by atoms with E-state index < -0.39 is 0 Å². The molecule has 1 unspecified atom stereocenters. The monoisotopic (exact) mass is 416 g/mol. The van der Waals surface area contributed by atoms with Crippen LogP contribution >= 0.6 is 31.9 Å². The first-order valence-electron chi connectivity index (χ1n) is 7.89. The van der Waals surface area contributed by atoms with Gasteiger partial charge in [0.1, 0.15) is 0 Å². The lowest BCUT2D eigenvalue weighted by molar-refractivity contribution is 0.227. The van der Waals surface area contributed by atoms with Crippen molar-refractivity contribution in [2.24, 2.45) is 5.92 Å². The summed E-state index contributed by atoms with van der Waals surface area (Å²) >= 11 is 7.30. The van der Waals surface area contributed by atoms with E-state index in [4.69, 9.17) is 0 Å². The third-order valence-electron chi connectivity index (χ3n) is 4.90. The van der Waals surface area contributed by atoms with E-state index in [1.165, 1.54) is 23.0 Å². The fourth-order valence-electron chi connectivity index (χ4n) is 3.23. The molecule has 0 aromatic heterocycles. The Kier molecular flexibility index (Phi) is 5.77. The quantitative estimate of drug-likeness (QED) is 0.723. The van der Waals surface area contributed by atoms with Crippen molar-refractivity contribution in [3.63, 3.8) is 0 Å². The summed E-state index contributed by atoms with van der Waals surface area (Å²) in [7, 11) is 0. The predicted molar refractivity (Wildman–Crippen MR) is 99.1 cm³/mol. The molecule has 1 aromatic rings. The van der Waals surface area contributed by atoms with Crippen LogP contribution in [-0.2, 0) is 0 Å². The smallest absolute Gasteiger partial charge is 0.0515 e. The molecule has 2 nitrogen and oxygen atoms in total. The molecule has 0 spiro atoms. The molecule has 1 fully saturated rings. The Hall–Kier alpha value is -0.0600. The maximum absolute atomic E-state index is 3.83. The Labute approximate surface area is 145 Å². The van der Waals surface area contributed by atoms with Gasteiger partial charge in [-0.3, -0.25) is 0 Å². The summed E-state index contributed by atoms with van der Waals surface area (Å²) in [6.07, 6.45) is 2.33. The predicted octanol–water partition coefficient (Wildman–Crippen LogP) is 5.20. The van der Waals surface area contributed by atoms with E-state index >= 15 is 0 Å². The lowest BCUT2D eigenvalue weighted by Gasteiger charge is -2.50. The normalized spacial score (nSPS) is 21.9. The molecule has 1 atom stereocenters. The number of hydrogen-bond donors (Lipinski definition) is 1. The summed E-state index contributed by atoms with van der Waals surface area (Å²) in [5.41, 5.74) is 1.54. The van der Waals surface area contributed by atoms with Crippen LogP contribution in [0.15, 0.2) is 27.1 Å². The molecule has 1 aliphatic heterocycles. The lowest BCUT2D eigenvalue weighted by atomic mass is 9.86. The third kappa shape index (κ3) is 3.65. The first kappa shape index (κ1) is 17.3. The molecule has 1 heterocycles. The van der Waals surface area contributed by atoms with E-state index in [0.29, 0.717) is 12.0 Å². The van der Waals surface area contributed by atoms with Crippen molar-refractivity contribution >= 4 is 37.5 Å². The Morgan fingerprint density at radius 3 is 2.48 bits per heavy atom. The van der Waals surface area contributed by atoms with Crippen LogP contribution in [0.2, 0.25) is 0 Å². The highest BCUT2D eigenvalue weighted by Gasteiger charge is 2.38. The molecule has 0 amide bonds. The van der Waals surface area contributed by atoms with Crippen molar-refractivity contribution in [1.29, 1.82) is 0 Å². The zero-order valence-corrected chi connectivity index (χ0v) is 16.6. The second kappa shape index (κ2) is 7.01. The van der Waals surface area contributed by atoms with Gasteiger partial charge < -0.3 is 10.2 Å². The Balaban J connectivity index is 2.38. The molecule has 4 heteroatoms. The van der Waals surface area contributed by atoms with E-state index in [2.05, 4.69) is 88.0 Å². The van der Waals surface area contributed by atoms with Gasteiger partial charge in [-0.2, -0.15) is 0 Å². The SMILES string of the molecule is CCC1(CC)CN(c2ccc(Br)cc2Br)C(C(C)C)CN1. The maximum atomic E-state index is 3.83. The molecule has 2 rings (SSSR count). The van der Waals surface area contributed by atoms with E-state index in [0.717, 1.165) is 17.6 Å². The van der Waals surface area contributed by atoms with E-state index in [9.17, 15) is 0 Å². The van der Waals surface area contributed by atoms with Crippen molar-refractivity contribution in [3.8, 4) is 0 Å². The van der Waals surface area contributed by atoms with E-state index in [1.807, 2.05) is 0 Å². The Morgan fingerprint density at radius 2 is 1.95 bits per heavy atom. The van der Waals surface area contributed by atoms with Crippen LogP contribution in [0.25, 0.3) is 0 Å². The van der Waals surface area contributed by atoms with Crippen LogP contribution in [0.3, 0.4) is 0 Å². The molecule has 1 aromatic carbocycles. The second-order valence-corrected chi connectivity index (χ2v) is 8.17. The summed E-state index contributed by atoms with van der Waals surface area (Å²) < 4.78 is 2.29. The van der Waals surface area contributed by atoms with E-state index in [1.54, 1.807) is 0 Å². The maximum Gasteiger partial charge on any atom is 0.0515 e. The van der Waals surface area contributed by atoms with Gasteiger partial charge in [0.25, 0.3) is 0 Å². The van der Waals surface area contributed by atoms with Crippen LogP contribution in [-0.4, -0.2) is 24.7 Å². The van der Waals surface area contributed by atoms with Gasteiger partial charge in [-0.25, -0.2) is 0 Å². The zero-order chi connectivity index (χ0) is 15.6. The molecule has 0 saturated carbocycles. The number of anilines is 1. The summed E-state index contributed by atoms with van der Waals surface area (Å²) in [4.78, 5) is 2.60. The molecule has 0 aliphatic carbocycles. The third-order valence-corrected chi connectivity index (χ3v) is 6.03. The second-order valence-electron chi connectivity index (χ2n) is 6.40. The fourth-order valence-corrected chi connectivity index (χ4v) is 4.50. The summed E-state index contributed by atoms with van der Waals surface area (Å²) in [5.74, 6) is 0.625. The molecule has 118 valence electrons. The van der Waals surface area contributed by atoms with Crippen LogP contribution < -0.4 is 10.2 Å². The molecular formula is C17H26Br2N2. The average molecular weight is 418 g/mol. The standard InChI is InChI=1S/C17H26Br2N2/c1-5-17(6-2)11-21(16(10-20-17)12(3)4)15-8-7-13(18)9-14(15)19/h7-9,12,16,20H,5-6,10-11H2,1-4H3. The Morgan fingerprint density at radius 1 is 1.29 bits per heavy atom. The minimum Gasteiger partial charge on any atom is -0.364 e. The van der Waals surface area contributed by atoms with Gasteiger partial charge in [0.2, 0.25) is 0 Å². The first-order valence-corrected chi connectivity index (χ1v) is 9.47. The van der Waals surface area contributed by atoms with Gasteiger partial charge in [-0.15, -0.1) is 0 Å². The molecular weight excluding hydrogens is 392 g/mol. The van der Waals surface area contributed by atoms with Crippen molar-refractivity contribution < 1.29 is 0 Å². The molecule has 1 N–H and O–H groups in total. The van der Waals surface area contributed by atoms with Gasteiger partial charge in [0.05, 0.1) is 5.69 Å². The topological polar surface area (TPSA) is 15.3 Å². The zero-order valence-electron chi connectivity index (χ0n) is 13.4. The lowest BCUT2D eigenvalue weighted by Crippen LogP contribution is -2.65. The number of hydrogen-bond acceptors (Lipinski definition) is 2. The number of benzene rings is 1. The van der Waals surface area contributed by atoms with Crippen molar-refractivity contribution in [3.05, 3.63) is 27.1 Å².